The van der Waals surface area contributed by atoms with Crippen molar-refractivity contribution < 1.29 is 0 Å². The van der Waals surface area contributed by atoms with E-state index in [2.05, 4.69) is 84.0 Å². The van der Waals surface area contributed by atoms with E-state index < -0.39 is 0 Å². The number of rotatable bonds is 7. The zero-order valence-electron chi connectivity index (χ0n) is 16.4. The average molecular weight is 323 g/mol. The van der Waals surface area contributed by atoms with Crippen LogP contribution in [0.2, 0.25) is 0 Å². The Morgan fingerprint density at radius 3 is 1.50 bits per heavy atom. The molecule has 0 aliphatic rings. The highest BCUT2D eigenvalue weighted by Gasteiger charge is 2.15. The zero-order chi connectivity index (χ0) is 17.7. The van der Waals surface area contributed by atoms with Crippen LogP contribution in [-0.2, 0) is 19.3 Å². The number of hydrogen-bond acceptors (Lipinski definition) is 0. The SMILES string of the molecule is CC(C)Cc1cc(CC(C)C)c(-c2ccccc2)c(CC(C)C)c1. The fourth-order valence-electron chi connectivity index (χ4n) is 3.61. The Morgan fingerprint density at radius 1 is 0.625 bits per heavy atom. The largest absolute Gasteiger partial charge is 0.0625 e. The molecule has 0 spiro atoms. The summed E-state index contributed by atoms with van der Waals surface area (Å²) in [7, 11) is 0. The van der Waals surface area contributed by atoms with Gasteiger partial charge in [-0.3, -0.25) is 0 Å². The second kappa shape index (κ2) is 8.51. The van der Waals surface area contributed by atoms with E-state index in [0.717, 1.165) is 12.8 Å². The molecule has 0 N–H and O–H groups in total. The lowest BCUT2D eigenvalue weighted by molar-refractivity contribution is 0.626. The highest BCUT2D eigenvalue weighted by molar-refractivity contribution is 5.72. The van der Waals surface area contributed by atoms with Crippen molar-refractivity contribution in [1.29, 1.82) is 0 Å². The van der Waals surface area contributed by atoms with Gasteiger partial charge in [0.2, 0.25) is 0 Å². The van der Waals surface area contributed by atoms with Crippen LogP contribution >= 0.6 is 0 Å². The molecular weight excluding hydrogens is 288 g/mol. The first-order valence-corrected chi connectivity index (χ1v) is 9.56. The van der Waals surface area contributed by atoms with Gasteiger partial charge in [0.05, 0.1) is 0 Å². The van der Waals surface area contributed by atoms with E-state index in [1.807, 2.05) is 0 Å². The van der Waals surface area contributed by atoms with Gasteiger partial charge in [0.15, 0.2) is 0 Å². The van der Waals surface area contributed by atoms with Crippen molar-refractivity contribution >= 4 is 0 Å². The molecule has 0 heteroatoms. The Bertz CT molecular complexity index is 601. The van der Waals surface area contributed by atoms with E-state index in [1.165, 1.54) is 34.2 Å². The third-order valence-electron chi connectivity index (χ3n) is 4.32. The minimum absolute atomic E-state index is 0.675. The summed E-state index contributed by atoms with van der Waals surface area (Å²) in [4.78, 5) is 0. The number of hydrogen-bond donors (Lipinski definition) is 0. The van der Waals surface area contributed by atoms with Crippen LogP contribution in [0.3, 0.4) is 0 Å². The van der Waals surface area contributed by atoms with Crippen LogP contribution in [0.15, 0.2) is 42.5 Å². The predicted octanol–water partition coefficient (Wildman–Crippen LogP) is 6.95. The van der Waals surface area contributed by atoms with Crippen molar-refractivity contribution in [2.24, 2.45) is 17.8 Å². The molecule has 0 aromatic heterocycles. The van der Waals surface area contributed by atoms with Crippen LogP contribution in [0.4, 0.5) is 0 Å². The van der Waals surface area contributed by atoms with Crippen LogP contribution in [0, 0.1) is 17.8 Å². The lowest BCUT2D eigenvalue weighted by Gasteiger charge is -2.21. The molecule has 0 fully saturated rings. The minimum Gasteiger partial charge on any atom is -0.0625 e. The highest BCUT2D eigenvalue weighted by Crippen LogP contribution is 2.33. The Hall–Kier alpha value is -1.56. The normalized spacial score (nSPS) is 11.7. The van der Waals surface area contributed by atoms with Gasteiger partial charge in [-0.25, -0.2) is 0 Å². The molecule has 2 aromatic rings. The fourth-order valence-corrected chi connectivity index (χ4v) is 3.61. The van der Waals surface area contributed by atoms with Crippen molar-refractivity contribution in [2.45, 2.75) is 60.8 Å². The van der Waals surface area contributed by atoms with Crippen molar-refractivity contribution in [1.82, 2.24) is 0 Å². The Labute approximate surface area is 149 Å². The molecule has 0 atom stereocenters. The second-order valence-electron chi connectivity index (χ2n) is 8.45. The first kappa shape index (κ1) is 18.8. The molecule has 0 saturated heterocycles. The summed E-state index contributed by atoms with van der Waals surface area (Å²) in [5.41, 5.74) is 7.44. The maximum Gasteiger partial charge on any atom is -0.0119 e. The lowest BCUT2D eigenvalue weighted by Crippen LogP contribution is -2.06. The molecule has 0 radical (unpaired) electrons. The quantitative estimate of drug-likeness (QED) is 0.517. The molecule has 2 aromatic carbocycles. The molecular formula is C24H34. The zero-order valence-corrected chi connectivity index (χ0v) is 16.4. The van der Waals surface area contributed by atoms with Gasteiger partial charge in [-0.15, -0.1) is 0 Å². The van der Waals surface area contributed by atoms with Crippen LogP contribution in [0.1, 0.15) is 58.2 Å². The number of benzene rings is 2. The topological polar surface area (TPSA) is 0 Å². The standard InChI is InChI=1S/C24H34/c1-17(2)12-20-15-22(13-18(3)4)24(21-10-8-7-9-11-21)23(16-20)14-19(5)6/h7-11,15-19H,12-14H2,1-6H3. The fraction of sp³-hybridized carbons (Fsp3) is 0.500. The molecule has 2 rings (SSSR count). The maximum absolute atomic E-state index is 2.48. The van der Waals surface area contributed by atoms with Crippen molar-refractivity contribution in [2.75, 3.05) is 0 Å². The summed E-state index contributed by atoms with van der Waals surface area (Å²) >= 11 is 0. The van der Waals surface area contributed by atoms with E-state index in [4.69, 9.17) is 0 Å². The minimum atomic E-state index is 0.675. The Morgan fingerprint density at radius 2 is 1.08 bits per heavy atom. The summed E-state index contributed by atoms with van der Waals surface area (Å²) in [5.74, 6) is 2.05. The molecule has 24 heavy (non-hydrogen) atoms. The molecule has 130 valence electrons. The third-order valence-corrected chi connectivity index (χ3v) is 4.32. The summed E-state index contributed by atoms with van der Waals surface area (Å²) in [6.07, 6.45) is 3.48. The third kappa shape index (κ3) is 5.23. The van der Waals surface area contributed by atoms with E-state index in [-0.39, 0.29) is 0 Å². The van der Waals surface area contributed by atoms with Crippen LogP contribution in [0.5, 0.6) is 0 Å². The van der Waals surface area contributed by atoms with Crippen molar-refractivity contribution in [3.05, 3.63) is 59.2 Å². The van der Waals surface area contributed by atoms with Gasteiger partial charge in [0, 0.05) is 0 Å². The summed E-state index contributed by atoms with van der Waals surface area (Å²) in [6, 6.07) is 15.9. The molecule has 0 unspecified atom stereocenters. The van der Waals surface area contributed by atoms with E-state index in [1.54, 1.807) is 0 Å². The molecule has 0 aliphatic heterocycles. The van der Waals surface area contributed by atoms with Crippen molar-refractivity contribution in [3.63, 3.8) is 0 Å². The predicted molar refractivity (Wildman–Crippen MR) is 108 cm³/mol. The van der Waals surface area contributed by atoms with E-state index >= 15 is 0 Å². The average Bonchev–Trinajstić information content (AvgIpc) is 2.46. The lowest BCUT2D eigenvalue weighted by atomic mass is 9.84. The Kier molecular flexibility index (Phi) is 6.66. The molecule has 0 amide bonds. The summed E-state index contributed by atoms with van der Waals surface area (Å²) in [6.45, 7) is 13.9. The van der Waals surface area contributed by atoms with Gasteiger partial charge in [0.1, 0.15) is 0 Å². The smallest absolute Gasteiger partial charge is 0.0119 e. The molecule has 0 aliphatic carbocycles. The molecule has 0 nitrogen and oxygen atoms in total. The van der Waals surface area contributed by atoms with Crippen LogP contribution < -0.4 is 0 Å². The summed E-state index contributed by atoms with van der Waals surface area (Å²) in [5, 5.41) is 0. The van der Waals surface area contributed by atoms with Crippen molar-refractivity contribution in [3.8, 4) is 11.1 Å². The van der Waals surface area contributed by atoms with Crippen LogP contribution in [-0.4, -0.2) is 0 Å². The Balaban J connectivity index is 2.62. The highest BCUT2D eigenvalue weighted by atomic mass is 14.2. The molecule has 0 bridgehead atoms. The first-order valence-electron chi connectivity index (χ1n) is 9.56. The second-order valence-corrected chi connectivity index (χ2v) is 8.45. The van der Waals surface area contributed by atoms with Gasteiger partial charge >= 0.3 is 0 Å². The monoisotopic (exact) mass is 322 g/mol. The molecule has 0 heterocycles. The van der Waals surface area contributed by atoms with Gasteiger partial charge in [-0.1, -0.05) is 84.0 Å². The molecule has 0 saturated carbocycles. The summed E-state index contributed by atoms with van der Waals surface area (Å²) < 4.78 is 0. The van der Waals surface area contributed by atoms with Gasteiger partial charge < -0.3 is 0 Å². The van der Waals surface area contributed by atoms with Crippen LogP contribution in [0.25, 0.3) is 11.1 Å². The maximum atomic E-state index is 2.48. The van der Waals surface area contributed by atoms with E-state index in [9.17, 15) is 0 Å². The van der Waals surface area contributed by atoms with Gasteiger partial charge in [-0.05, 0) is 64.8 Å². The first-order chi connectivity index (χ1) is 11.4. The van der Waals surface area contributed by atoms with E-state index in [0.29, 0.717) is 17.8 Å². The van der Waals surface area contributed by atoms with Gasteiger partial charge in [0.25, 0.3) is 0 Å². The van der Waals surface area contributed by atoms with Gasteiger partial charge in [-0.2, -0.15) is 0 Å².